The predicted octanol–water partition coefficient (Wildman–Crippen LogP) is 0.721. The fraction of sp³-hybridized carbons (Fsp3) is 0.500. The molecule has 52 valence electrons. The van der Waals surface area contributed by atoms with Crippen molar-refractivity contribution in [3.8, 4) is 0 Å². The molecule has 0 N–H and O–H groups in total. The Morgan fingerprint density at radius 2 is 1.40 bits per heavy atom. The van der Waals surface area contributed by atoms with Gasteiger partial charge in [0.2, 0.25) is 11.6 Å². The molecule has 0 aromatic rings. The van der Waals surface area contributed by atoms with Crippen LogP contribution in [-0.2, 0) is 9.59 Å². The summed E-state index contributed by atoms with van der Waals surface area (Å²) >= 11 is 0. The first-order valence-corrected chi connectivity index (χ1v) is 3.55. The van der Waals surface area contributed by atoms with E-state index in [1.807, 2.05) is 12.2 Å². The second kappa shape index (κ2) is 1.78. The average molecular weight is 136 g/mol. The van der Waals surface area contributed by atoms with Crippen molar-refractivity contribution >= 4 is 11.6 Å². The molecule has 1 fully saturated rings. The maximum atomic E-state index is 11.0. The number of hydrogen-bond donors (Lipinski definition) is 0. The van der Waals surface area contributed by atoms with Gasteiger partial charge in [0.1, 0.15) is 0 Å². The number of Topliss-reactive ketones (excluding diaryl/α,β-unsaturated/α-hetero) is 2. The van der Waals surface area contributed by atoms with Crippen LogP contribution in [0.5, 0.6) is 0 Å². The summed E-state index contributed by atoms with van der Waals surface area (Å²) in [7, 11) is 0. The third-order valence-corrected chi connectivity index (χ3v) is 2.28. The minimum Gasteiger partial charge on any atom is -0.290 e. The Morgan fingerprint density at radius 3 is 1.60 bits per heavy atom. The van der Waals surface area contributed by atoms with Crippen LogP contribution in [0.4, 0.5) is 0 Å². The summed E-state index contributed by atoms with van der Waals surface area (Å²) in [6, 6.07) is 0. The lowest BCUT2D eigenvalue weighted by atomic mass is 9.74. The summed E-state index contributed by atoms with van der Waals surface area (Å²) < 4.78 is 0. The molecule has 0 aromatic carbocycles. The lowest BCUT2D eigenvalue weighted by Gasteiger charge is -2.26. The molecule has 10 heavy (non-hydrogen) atoms. The van der Waals surface area contributed by atoms with Gasteiger partial charge in [-0.1, -0.05) is 12.2 Å². The van der Waals surface area contributed by atoms with Gasteiger partial charge in [0, 0.05) is 11.8 Å². The molecule has 3 rings (SSSR count). The average Bonchev–Trinajstić information content (AvgIpc) is 2.00. The zero-order valence-corrected chi connectivity index (χ0v) is 5.54. The molecule has 0 aliphatic heterocycles. The SMILES string of the molecule is O=C1C(=O)C2C=CC1CC2. The van der Waals surface area contributed by atoms with Crippen molar-refractivity contribution < 1.29 is 9.59 Å². The molecule has 3 aliphatic carbocycles. The second-order valence-electron chi connectivity index (χ2n) is 2.90. The summed E-state index contributed by atoms with van der Waals surface area (Å²) in [5.74, 6) is -0.479. The van der Waals surface area contributed by atoms with E-state index in [4.69, 9.17) is 0 Å². The van der Waals surface area contributed by atoms with Crippen molar-refractivity contribution in [3.63, 3.8) is 0 Å². The molecule has 2 heteroatoms. The van der Waals surface area contributed by atoms with Crippen LogP contribution in [0.15, 0.2) is 12.2 Å². The monoisotopic (exact) mass is 136 g/mol. The highest BCUT2D eigenvalue weighted by Gasteiger charge is 2.37. The van der Waals surface area contributed by atoms with Crippen LogP contribution in [-0.4, -0.2) is 11.6 Å². The maximum absolute atomic E-state index is 11.0. The van der Waals surface area contributed by atoms with Gasteiger partial charge in [0.05, 0.1) is 0 Å². The van der Waals surface area contributed by atoms with E-state index in [1.165, 1.54) is 0 Å². The molecule has 3 aliphatic rings. The molecule has 2 unspecified atom stereocenters. The smallest absolute Gasteiger partial charge is 0.205 e. The summed E-state index contributed by atoms with van der Waals surface area (Å²) in [5.41, 5.74) is 0. The summed E-state index contributed by atoms with van der Waals surface area (Å²) in [6.45, 7) is 0. The third kappa shape index (κ3) is 0.589. The van der Waals surface area contributed by atoms with Gasteiger partial charge in [-0.2, -0.15) is 0 Å². The minimum atomic E-state index is -0.168. The minimum absolute atomic E-state index is 0.0718. The largest absolute Gasteiger partial charge is 0.290 e. The van der Waals surface area contributed by atoms with E-state index >= 15 is 0 Å². The van der Waals surface area contributed by atoms with Crippen LogP contribution in [0.3, 0.4) is 0 Å². The number of hydrogen-bond acceptors (Lipinski definition) is 2. The molecule has 0 aromatic heterocycles. The van der Waals surface area contributed by atoms with Crippen molar-refractivity contribution in [2.24, 2.45) is 11.8 Å². The Labute approximate surface area is 58.9 Å². The van der Waals surface area contributed by atoms with Crippen LogP contribution in [0.1, 0.15) is 12.8 Å². The van der Waals surface area contributed by atoms with E-state index in [0.29, 0.717) is 0 Å². The van der Waals surface area contributed by atoms with Gasteiger partial charge in [0.25, 0.3) is 0 Å². The van der Waals surface area contributed by atoms with Gasteiger partial charge < -0.3 is 0 Å². The third-order valence-electron chi connectivity index (χ3n) is 2.28. The quantitative estimate of drug-likeness (QED) is 0.363. The Hall–Kier alpha value is -0.920. The number of carbonyl (C=O) groups is 2. The number of rotatable bonds is 0. The number of fused-ring (bicyclic) bond motifs is 2. The van der Waals surface area contributed by atoms with Crippen molar-refractivity contribution in [2.45, 2.75) is 12.8 Å². The van der Waals surface area contributed by atoms with Crippen molar-refractivity contribution in [1.29, 1.82) is 0 Å². The highest BCUT2D eigenvalue weighted by atomic mass is 16.2. The molecule has 0 amide bonds. The predicted molar refractivity (Wildman–Crippen MR) is 35.4 cm³/mol. The van der Waals surface area contributed by atoms with E-state index in [2.05, 4.69) is 0 Å². The summed E-state index contributed by atoms with van der Waals surface area (Å²) in [6.07, 6.45) is 5.51. The number of ketones is 2. The molecule has 0 saturated heterocycles. The van der Waals surface area contributed by atoms with E-state index < -0.39 is 0 Å². The van der Waals surface area contributed by atoms with Crippen molar-refractivity contribution in [1.82, 2.24) is 0 Å². The van der Waals surface area contributed by atoms with E-state index in [-0.39, 0.29) is 23.4 Å². The number of allylic oxidation sites excluding steroid dienone is 2. The molecular weight excluding hydrogens is 128 g/mol. The van der Waals surface area contributed by atoms with E-state index in [9.17, 15) is 9.59 Å². The molecule has 2 atom stereocenters. The first-order chi connectivity index (χ1) is 4.79. The zero-order valence-electron chi connectivity index (χ0n) is 5.54. The van der Waals surface area contributed by atoms with Gasteiger partial charge in [-0.15, -0.1) is 0 Å². The standard InChI is InChI=1S/C8H8O2/c9-7-5-1-2-6(4-3-5)8(7)10/h1-2,5-6H,3-4H2. The molecule has 0 heterocycles. The first kappa shape index (κ1) is 5.83. The highest BCUT2D eigenvalue weighted by molar-refractivity contribution is 6.40. The van der Waals surface area contributed by atoms with Crippen LogP contribution in [0.25, 0.3) is 0 Å². The number of carbonyl (C=O) groups excluding carboxylic acids is 2. The van der Waals surface area contributed by atoms with Crippen LogP contribution >= 0.6 is 0 Å². The molecule has 0 radical (unpaired) electrons. The summed E-state index contributed by atoms with van der Waals surface area (Å²) in [4.78, 5) is 22.0. The van der Waals surface area contributed by atoms with Gasteiger partial charge in [0.15, 0.2) is 0 Å². The lowest BCUT2D eigenvalue weighted by Crippen LogP contribution is -2.37. The van der Waals surface area contributed by atoms with Gasteiger partial charge >= 0.3 is 0 Å². The second-order valence-corrected chi connectivity index (χ2v) is 2.90. The topological polar surface area (TPSA) is 34.1 Å². The Morgan fingerprint density at radius 1 is 1.00 bits per heavy atom. The van der Waals surface area contributed by atoms with Crippen LogP contribution < -0.4 is 0 Å². The van der Waals surface area contributed by atoms with Crippen molar-refractivity contribution in [2.75, 3.05) is 0 Å². The fourth-order valence-corrected chi connectivity index (χ4v) is 1.62. The van der Waals surface area contributed by atoms with Crippen LogP contribution in [0, 0.1) is 11.8 Å². The first-order valence-electron chi connectivity index (χ1n) is 3.55. The van der Waals surface area contributed by atoms with Crippen molar-refractivity contribution in [3.05, 3.63) is 12.2 Å². The summed E-state index contributed by atoms with van der Waals surface area (Å²) in [5, 5.41) is 0. The van der Waals surface area contributed by atoms with Gasteiger partial charge in [-0.05, 0) is 12.8 Å². The van der Waals surface area contributed by atoms with Crippen LogP contribution in [0.2, 0.25) is 0 Å². The van der Waals surface area contributed by atoms with Gasteiger partial charge in [-0.3, -0.25) is 9.59 Å². The lowest BCUT2D eigenvalue weighted by molar-refractivity contribution is -0.142. The zero-order chi connectivity index (χ0) is 7.14. The fourth-order valence-electron chi connectivity index (χ4n) is 1.62. The highest BCUT2D eigenvalue weighted by Crippen LogP contribution is 2.30. The van der Waals surface area contributed by atoms with Gasteiger partial charge in [-0.25, -0.2) is 0 Å². The normalized spacial score (nSPS) is 37.2. The molecule has 0 spiro atoms. The van der Waals surface area contributed by atoms with E-state index in [1.54, 1.807) is 0 Å². The Kier molecular flexibility index (Phi) is 1.04. The Bertz CT molecular complexity index is 203. The molecule has 1 saturated carbocycles. The molecular formula is C8H8O2. The molecule has 2 nitrogen and oxygen atoms in total. The maximum Gasteiger partial charge on any atom is 0.205 e. The Balaban J connectivity index is 2.42. The van der Waals surface area contributed by atoms with E-state index in [0.717, 1.165) is 12.8 Å². The molecule has 2 bridgehead atoms.